The summed E-state index contributed by atoms with van der Waals surface area (Å²) in [6, 6.07) is 4.95. The Morgan fingerprint density at radius 1 is 1.39 bits per heavy atom. The predicted molar refractivity (Wildman–Crippen MR) is 72.7 cm³/mol. The molecular weight excluding hydrogens is 248 g/mol. The van der Waals surface area contributed by atoms with Crippen LogP contribution in [0.4, 0.5) is 5.69 Å². The molecule has 0 spiro atoms. The molecule has 1 saturated carbocycles. The maximum atomic E-state index is 12.1. The third kappa shape index (κ3) is 3.46. The van der Waals surface area contributed by atoms with E-state index in [4.69, 9.17) is 5.73 Å². The Morgan fingerprint density at radius 2 is 2.11 bits per heavy atom. The molecule has 1 aliphatic rings. The molecule has 0 amide bonds. The smallest absolute Gasteiger partial charge is 0.240 e. The molecule has 0 radical (unpaired) electrons. The first-order valence-corrected chi connectivity index (χ1v) is 7.83. The van der Waals surface area contributed by atoms with E-state index in [0.717, 1.165) is 24.3 Å². The maximum absolute atomic E-state index is 12.1. The molecule has 0 saturated heterocycles. The lowest BCUT2D eigenvalue weighted by Gasteiger charge is -2.09. The first-order valence-electron chi connectivity index (χ1n) is 6.35. The van der Waals surface area contributed by atoms with Crippen molar-refractivity contribution in [3.05, 3.63) is 23.8 Å². The molecule has 0 aromatic heterocycles. The van der Waals surface area contributed by atoms with Crippen LogP contribution in [0.2, 0.25) is 0 Å². The molecule has 0 heterocycles. The van der Waals surface area contributed by atoms with Gasteiger partial charge in [-0.15, -0.1) is 0 Å². The lowest BCUT2D eigenvalue weighted by molar-refractivity contribution is 0.572. The van der Waals surface area contributed by atoms with Gasteiger partial charge in [-0.1, -0.05) is 18.9 Å². The zero-order valence-corrected chi connectivity index (χ0v) is 11.5. The predicted octanol–water partition coefficient (Wildman–Crippen LogP) is 2.05. The lowest BCUT2D eigenvalue weighted by atomic mass is 10.2. The number of benzene rings is 1. The molecule has 4 nitrogen and oxygen atoms in total. The van der Waals surface area contributed by atoms with E-state index in [-0.39, 0.29) is 4.90 Å². The minimum absolute atomic E-state index is 0.286. The summed E-state index contributed by atoms with van der Waals surface area (Å²) >= 11 is 0. The van der Waals surface area contributed by atoms with Crippen LogP contribution in [-0.4, -0.2) is 15.0 Å². The highest BCUT2D eigenvalue weighted by atomic mass is 32.2. The minimum atomic E-state index is -3.42. The summed E-state index contributed by atoms with van der Waals surface area (Å²) in [6.07, 6.45) is 4.64. The number of aryl methyl sites for hydroxylation is 1. The molecule has 3 N–H and O–H groups in total. The van der Waals surface area contributed by atoms with Crippen LogP contribution in [0.15, 0.2) is 23.1 Å². The Bertz CT molecular complexity index is 522. The molecule has 0 unspecified atom stereocenters. The Morgan fingerprint density at radius 3 is 2.78 bits per heavy atom. The highest BCUT2D eigenvalue weighted by Crippen LogP contribution is 2.33. The Balaban J connectivity index is 1.97. The van der Waals surface area contributed by atoms with Gasteiger partial charge in [0.25, 0.3) is 0 Å². The van der Waals surface area contributed by atoms with Crippen molar-refractivity contribution in [2.75, 3.05) is 12.3 Å². The normalized spacial score (nSPS) is 15.8. The number of nitrogens with two attached hydrogens (primary N) is 1. The van der Waals surface area contributed by atoms with E-state index in [1.54, 1.807) is 19.1 Å². The van der Waals surface area contributed by atoms with Gasteiger partial charge in [-0.25, -0.2) is 13.1 Å². The highest BCUT2D eigenvalue weighted by molar-refractivity contribution is 7.89. The molecule has 18 heavy (non-hydrogen) atoms. The van der Waals surface area contributed by atoms with Gasteiger partial charge in [-0.3, -0.25) is 0 Å². The zero-order valence-electron chi connectivity index (χ0n) is 10.6. The van der Waals surface area contributed by atoms with Crippen molar-refractivity contribution in [2.24, 2.45) is 5.92 Å². The van der Waals surface area contributed by atoms with E-state index in [2.05, 4.69) is 4.72 Å². The number of nitrogens with one attached hydrogen (secondary N) is 1. The fourth-order valence-corrected chi connectivity index (χ4v) is 3.34. The van der Waals surface area contributed by atoms with Gasteiger partial charge in [0.2, 0.25) is 10.0 Å². The summed E-state index contributed by atoms with van der Waals surface area (Å²) in [5.74, 6) is 0.837. The van der Waals surface area contributed by atoms with Gasteiger partial charge in [-0.2, -0.15) is 0 Å². The summed E-state index contributed by atoms with van der Waals surface area (Å²) in [6.45, 7) is 2.28. The minimum Gasteiger partial charge on any atom is -0.399 e. The monoisotopic (exact) mass is 268 g/mol. The summed E-state index contributed by atoms with van der Waals surface area (Å²) in [5, 5.41) is 0. The van der Waals surface area contributed by atoms with E-state index in [9.17, 15) is 8.42 Å². The van der Waals surface area contributed by atoms with Crippen LogP contribution in [0.25, 0.3) is 0 Å². The molecule has 1 aromatic carbocycles. The van der Waals surface area contributed by atoms with Gasteiger partial charge in [0.1, 0.15) is 0 Å². The Kier molecular flexibility index (Phi) is 3.92. The summed E-state index contributed by atoms with van der Waals surface area (Å²) in [4.78, 5) is 0.286. The van der Waals surface area contributed by atoms with Crippen LogP contribution in [0.1, 0.15) is 31.2 Å². The van der Waals surface area contributed by atoms with Crippen LogP contribution in [0, 0.1) is 12.8 Å². The third-order valence-corrected chi connectivity index (χ3v) is 4.88. The molecule has 100 valence electrons. The Hall–Kier alpha value is -1.07. The largest absolute Gasteiger partial charge is 0.399 e. The quantitative estimate of drug-likeness (QED) is 0.612. The lowest BCUT2D eigenvalue weighted by Crippen LogP contribution is -2.25. The molecule has 0 bridgehead atoms. The number of hydrogen-bond donors (Lipinski definition) is 2. The second-order valence-corrected chi connectivity index (χ2v) is 6.74. The van der Waals surface area contributed by atoms with E-state index >= 15 is 0 Å². The van der Waals surface area contributed by atoms with Crippen molar-refractivity contribution < 1.29 is 8.42 Å². The van der Waals surface area contributed by atoms with Crippen molar-refractivity contribution in [1.29, 1.82) is 0 Å². The van der Waals surface area contributed by atoms with Crippen molar-refractivity contribution in [3.8, 4) is 0 Å². The first-order chi connectivity index (χ1) is 8.49. The van der Waals surface area contributed by atoms with Crippen LogP contribution in [-0.2, 0) is 10.0 Å². The Labute approximate surface area is 109 Å². The first kappa shape index (κ1) is 13.4. The molecule has 1 aromatic rings. The van der Waals surface area contributed by atoms with Crippen molar-refractivity contribution in [2.45, 2.75) is 37.5 Å². The van der Waals surface area contributed by atoms with Gasteiger partial charge >= 0.3 is 0 Å². The molecule has 0 atom stereocenters. The highest BCUT2D eigenvalue weighted by Gasteiger charge is 2.21. The van der Waals surface area contributed by atoms with Crippen LogP contribution in [0.5, 0.6) is 0 Å². The zero-order chi connectivity index (χ0) is 13.2. The summed E-state index contributed by atoms with van der Waals surface area (Å²) < 4.78 is 26.8. The van der Waals surface area contributed by atoms with E-state index < -0.39 is 10.0 Å². The summed E-state index contributed by atoms with van der Waals surface area (Å²) in [7, 11) is -3.42. The van der Waals surface area contributed by atoms with Crippen molar-refractivity contribution >= 4 is 15.7 Å². The fourth-order valence-electron chi connectivity index (χ4n) is 1.99. The van der Waals surface area contributed by atoms with E-state index in [1.807, 2.05) is 0 Å². The van der Waals surface area contributed by atoms with E-state index in [0.29, 0.717) is 12.2 Å². The van der Waals surface area contributed by atoms with Gasteiger partial charge < -0.3 is 5.73 Å². The summed E-state index contributed by atoms with van der Waals surface area (Å²) in [5.41, 5.74) is 6.83. The van der Waals surface area contributed by atoms with E-state index in [1.165, 1.54) is 18.9 Å². The molecule has 1 aliphatic carbocycles. The second-order valence-electron chi connectivity index (χ2n) is 5.01. The average Bonchev–Trinajstić information content (AvgIpc) is 3.12. The fraction of sp³-hybridized carbons (Fsp3) is 0.538. The van der Waals surface area contributed by atoms with Crippen LogP contribution in [0.3, 0.4) is 0 Å². The van der Waals surface area contributed by atoms with Crippen LogP contribution < -0.4 is 10.5 Å². The molecular formula is C13H20N2O2S. The van der Waals surface area contributed by atoms with Gasteiger partial charge in [0.05, 0.1) is 4.90 Å². The maximum Gasteiger partial charge on any atom is 0.240 e. The number of hydrogen-bond acceptors (Lipinski definition) is 3. The molecule has 1 fully saturated rings. The molecule has 2 rings (SSSR count). The van der Waals surface area contributed by atoms with Gasteiger partial charge in [0, 0.05) is 12.2 Å². The molecule has 5 heteroatoms. The average molecular weight is 268 g/mol. The van der Waals surface area contributed by atoms with Gasteiger partial charge in [-0.05, 0) is 43.4 Å². The third-order valence-electron chi connectivity index (χ3n) is 3.28. The second kappa shape index (κ2) is 5.28. The SMILES string of the molecule is Cc1ccc(N)cc1S(=O)(=O)NCCCC1CC1. The number of anilines is 1. The number of rotatable bonds is 6. The van der Waals surface area contributed by atoms with Crippen molar-refractivity contribution in [3.63, 3.8) is 0 Å². The number of nitrogen functional groups attached to an aromatic ring is 1. The molecule has 0 aliphatic heterocycles. The van der Waals surface area contributed by atoms with Crippen LogP contribution >= 0.6 is 0 Å². The van der Waals surface area contributed by atoms with Gasteiger partial charge in [0.15, 0.2) is 0 Å². The van der Waals surface area contributed by atoms with Crippen molar-refractivity contribution in [1.82, 2.24) is 4.72 Å². The standard InChI is InChI=1S/C13H20N2O2S/c1-10-4-7-12(14)9-13(10)18(16,17)15-8-2-3-11-5-6-11/h4,7,9,11,15H,2-3,5-6,8,14H2,1H3. The number of sulfonamides is 1. The topological polar surface area (TPSA) is 72.2 Å².